The Morgan fingerprint density at radius 2 is 1.89 bits per heavy atom. The predicted molar refractivity (Wildman–Crippen MR) is 139 cm³/mol. The number of nitrogens with zero attached hydrogens (tertiary/aromatic N) is 4. The summed E-state index contributed by atoms with van der Waals surface area (Å²) in [6, 6.07) is 9.75. The van der Waals surface area contributed by atoms with Gasteiger partial charge in [-0.15, -0.1) is 0 Å². The number of aromatic nitrogens is 4. The van der Waals surface area contributed by atoms with Crippen LogP contribution in [-0.4, -0.2) is 50.3 Å². The quantitative estimate of drug-likeness (QED) is 0.440. The van der Waals surface area contributed by atoms with Gasteiger partial charge in [-0.1, -0.05) is 11.3 Å². The molecule has 1 saturated heterocycles. The number of fused-ring (bicyclic) bond motifs is 1. The van der Waals surface area contributed by atoms with Crippen LogP contribution in [0.15, 0.2) is 35.1 Å². The van der Waals surface area contributed by atoms with Crippen molar-refractivity contribution < 1.29 is 9.53 Å². The molecule has 1 aromatic carbocycles. The number of carbonyl (C=O) groups excluding carboxylic acids is 1. The highest BCUT2D eigenvalue weighted by atomic mass is 32.1. The lowest BCUT2D eigenvalue weighted by molar-refractivity contribution is -0.125. The standard InChI is InChI=1S/C26H28N6O3S/c1-16-13-18(17(2)31(16)19-7-9-20(35-3)10-8-19)14-21-24(27)32-26(28-25(21)34)36-22(29-32)15-23(33)30-11-5-4-6-12-30/h7-10,13-15,27,29H,4-6,11-12H2,1-3H3/b21-14+,22-15+,27-24?. The van der Waals surface area contributed by atoms with Gasteiger partial charge in [-0.05, 0) is 75.1 Å². The van der Waals surface area contributed by atoms with Crippen LogP contribution in [0.4, 0.5) is 0 Å². The molecule has 2 aromatic rings. The number of amides is 1. The molecule has 1 amide bonds. The Balaban J connectivity index is 1.56. The summed E-state index contributed by atoms with van der Waals surface area (Å²) < 4.78 is 9.36. The van der Waals surface area contributed by atoms with Crippen molar-refractivity contribution in [1.82, 2.24) is 24.2 Å². The molecule has 5 rings (SSSR count). The Bertz CT molecular complexity index is 1630. The molecule has 0 radical (unpaired) electrons. The maximum absolute atomic E-state index is 12.9. The monoisotopic (exact) mass is 504 g/mol. The van der Waals surface area contributed by atoms with E-state index < -0.39 is 5.56 Å². The minimum absolute atomic E-state index is 0.000530. The summed E-state index contributed by atoms with van der Waals surface area (Å²) in [6.07, 6.45) is 6.41. The van der Waals surface area contributed by atoms with Crippen LogP contribution in [-0.2, 0) is 4.79 Å². The Hall–Kier alpha value is -3.92. The maximum Gasteiger partial charge on any atom is 0.283 e. The average Bonchev–Trinajstić information content (AvgIpc) is 3.41. The largest absolute Gasteiger partial charge is 0.497 e. The Morgan fingerprint density at radius 3 is 2.58 bits per heavy atom. The highest BCUT2D eigenvalue weighted by Crippen LogP contribution is 2.23. The molecule has 1 fully saturated rings. The molecule has 3 aliphatic heterocycles. The van der Waals surface area contributed by atoms with Gasteiger partial charge < -0.3 is 14.2 Å². The van der Waals surface area contributed by atoms with E-state index in [2.05, 4.69) is 14.6 Å². The predicted octanol–water partition coefficient (Wildman–Crippen LogP) is 1.58. The maximum atomic E-state index is 12.9. The molecule has 0 bridgehead atoms. The van der Waals surface area contributed by atoms with Crippen LogP contribution in [0.2, 0.25) is 0 Å². The molecule has 36 heavy (non-hydrogen) atoms. The van der Waals surface area contributed by atoms with Gasteiger partial charge in [0.1, 0.15) is 10.4 Å². The molecule has 9 nitrogen and oxygen atoms in total. The van der Waals surface area contributed by atoms with Crippen molar-refractivity contribution in [3.63, 3.8) is 0 Å². The van der Waals surface area contributed by atoms with E-state index in [1.54, 1.807) is 13.2 Å². The average molecular weight is 505 g/mol. The van der Waals surface area contributed by atoms with Gasteiger partial charge >= 0.3 is 0 Å². The molecular formula is C26H28N6O3S. The van der Waals surface area contributed by atoms with Crippen molar-refractivity contribution in [2.75, 3.05) is 20.2 Å². The van der Waals surface area contributed by atoms with E-state index in [-0.39, 0.29) is 16.6 Å². The van der Waals surface area contributed by atoms with Crippen molar-refractivity contribution >= 4 is 29.4 Å². The second kappa shape index (κ2) is 9.62. The van der Waals surface area contributed by atoms with E-state index in [4.69, 9.17) is 10.1 Å². The van der Waals surface area contributed by atoms with Crippen molar-refractivity contribution in [2.24, 2.45) is 0 Å². The van der Waals surface area contributed by atoms with Gasteiger partial charge in [0.2, 0.25) is 11.0 Å². The summed E-state index contributed by atoms with van der Waals surface area (Å²) >= 11 is 1.19. The number of nitrogens with one attached hydrogen (secondary N) is 2. The second-order valence-corrected chi connectivity index (χ2v) is 9.92. The number of H-pyrrole nitrogens is 1. The fourth-order valence-electron chi connectivity index (χ4n) is 4.65. The molecular weight excluding hydrogens is 476 g/mol. The van der Waals surface area contributed by atoms with Gasteiger partial charge in [0.05, 0.1) is 12.3 Å². The topological polar surface area (TPSA) is 109 Å². The fraction of sp³-hybridized carbons (Fsp3) is 0.308. The van der Waals surface area contributed by atoms with Gasteiger partial charge in [-0.3, -0.25) is 20.1 Å². The number of benzene rings is 1. The lowest BCUT2D eigenvalue weighted by Gasteiger charge is -2.25. The Morgan fingerprint density at radius 1 is 1.17 bits per heavy atom. The van der Waals surface area contributed by atoms with Gasteiger partial charge in [-0.2, -0.15) is 4.98 Å². The molecule has 2 N–H and O–H groups in total. The van der Waals surface area contributed by atoms with Crippen LogP contribution in [0.25, 0.3) is 23.0 Å². The number of aryl methyl sites for hydroxylation is 1. The number of hydrogen-bond acceptors (Lipinski definition) is 6. The molecule has 10 heteroatoms. The Kier molecular flexibility index (Phi) is 6.36. The third kappa shape index (κ3) is 4.39. The van der Waals surface area contributed by atoms with Crippen LogP contribution in [0.1, 0.15) is 36.2 Å². The number of aromatic amines is 1. The lowest BCUT2D eigenvalue weighted by Crippen LogP contribution is -2.47. The SMILES string of the molecule is COc1ccc(-n2c(C)cc(/C=c3/c(=O)nc4s/c(=C/C(=O)N5CCCCC5)[nH]n-4c3=N)c2C)cc1. The van der Waals surface area contributed by atoms with E-state index >= 15 is 0 Å². The van der Waals surface area contributed by atoms with Crippen molar-refractivity contribution in [3.8, 4) is 16.6 Å². The van der Waals surface area contributed by atoms with Crippen LogP contribution >= 0.6 is 11.3 Å². The highest BCUT2D eigenvalue weighted by molar-refractivity contribution is 7.11. The van der Waals surface area contributed by atoms with Crippen LogP contribution < -0.4 is 25.7 Å². The summed E-state index contributed by atoms with van der Waals surface area (Å²) in [5.74, 6) is 0.713. The number of methoxy groups -OCH3 is 1. The first-order chi connectivity index (χ1) is 17.4. The zero-order valence-corrected chi connectivity index (χ0v) is 21.3. The number of rotatable bonds is 4. The second-order valence-electron chi connectivity index (χ2n) is 8.91. The zero-order valence-electron chi connectivity index (χ0n) is 20.5. The zero-order chi connectivity index (χ0) is 25.4. The van der Waals surface area contributed by atoms with E-state index in [1.807, 2.05) is 49.1 Å². The lowest BCUT2D eigenvalue weighted by atomic mass is 10.1. The molecule has 0 unspecified atom stereocenters. The first-order valence-corrected chi connectivity index (χ1v) is 12.7. The highest BCUT2D eigenvalue weighted by Gasteiger charge is 2.16. The number of piperidine rings is 1. The summed E-state index contributed by atoms with van der Waals surface area (Å²) in [6.45, 7) is 5.49. The summed E-state index contributed by atoms with van der Waals surface area (Å²) in [4.78, 5) is 31.5. The van der Waals surface area contributed by atoms with E-state index in [0.717, 1.165) is 60.7 Å². The van der Waals surface area contributed by atoms with Crippen molar-refractivity contribution in [2.45, 2.75) is 33.1 Å². The van der Waals surface area contributed by atoms with E-state index in [9.17, 15) is 9.59 Å². The molecule has 0 saturated carbocycles. The fourth-order valence-corrected chi connectivity index (χ4v) is 5.50. The summed E-state index contributed by atoms with van der Waals surface area (Å²) in [5, 5.41) is 12.3. The van der Waals surface area contributed by atoms with Gasteiger partial charge in [-0.25, -0.2) is 4.68 Å². The van der Waals surface area contributed by atoms with Crippen LogP contribution in [0.5, 0.6) is 5.75 Å². The molecule has 0 aliphatic carbocycles. The molecule has 1 aromatic heterocycles. The van der Waals surface area contributed by atoms with E-state index in [1.165, 1.54) is 22.1 Å². The molecule has 3 aliphatic rings. The summed E-state index contributed by atoms with van der Waals surface area (Å²) in [5.41, 5.74) is 3.28. The number of hydrogen-bond donors (Lipinski definition) is 2. The van der Waals surface area contributed by atoms with Crippen LogP contribution in [0.3, 0.4) is 0 Å². The van der Waals surface area contributed by atoms with Crippen molar-refractivity contribution in [1.29, 1.82) is 5.41 Å². The smallest absolute Gasteiger partial charge is 0.283 e. The number of carbonyl (C=O) groups is 1. The molecule has 0 spiro atoms. The first kappa shape index (κ1) is 23.8. The van der Waals surface area contributed by atoms with Gasteiger partial charge in [0.25, 0.3) is 5.56 Å². The third-order valence-electron chi connectivity index (χ3n) is 6.54. The number of ether oxygens (including phenoxy) is 1. The van der Waals surface area contributed by atoms with Crippen LogP contribution in [0, 0.1) is 19.3 Å². The van der Waals surface area contributed by atoms with Gasteiger partial charge in [0, 0.05) is 36.2 Å². The first-order valence-electron chi connectivity index (χ1n) is 11.9. The normalized spacial score (nSPS) is 15.1. The molecule has 0 atom stereocenters. The summed E-state index contributed by atoms with van der Waals surface area (Å²) in [7, 11) is 1.63. The van der Waals surface area contributed by atoms with Gasteiger partial charge in [0.15, 0.2) is 5.49 Å². The van der Waals surface area contributed by atoms with E-state index in [0.29, 0.717) is 9.79 Å². The molecule has 186 valence electrons. The number of likely N-dealkylation sites (tertiary alicyclic amines) is 1. The third-order valence-corrected chi connectivity index (χ3v) is 7.43. The minimum atomic E-state index is -0.474. The minimum Gasteiger partial charge on any atom is -0.497 e. The molecule has 4 heterocycles. The van der Waals surface area contributed by atoms with Crippen molar-refractivity contribution in [3.05, 3.63) is 73.0 Å². The Labute approximate surface area is 211 Å².